The van der Waals surface area contributed by atoms with E-state index in [2.05, 4.69) is 16.3 Å². The normalized spacial score (nSPS) is 15.6. The summed E-state index contributed by atoms with van der Waals surface area (Å²) >= 11 is 0. The van der Waals surface area contributed by atoms with E-state index in [0.29, 0.717) is 22.7 Å². The van der Waals surface area contributed by atoms with Crippen molar-refractivity contribution in [3.05, 3.63) is 48.0 Å². The lowest BCUT2D eigenvalue weighted by Crippen LogP contribution is -2.36. The van der Waals surface area contributed by atoms with Gasteiger partial charge in [0.25, 0.3) is 0 Å². The highest BCUT2D eigenvalue weighted by atomic mass is 16.5. The smallest absolute Gasteiger partial charge is 0.405 e. The summed E-state index contributed by atoms with van der Waals surface area (Å²) in [7, 11) is 0. The monoisotopic (exact) mass is 399 g/mol. The lowest BCUT2D eigenvalue weighted by molar-refractivity contribution is 0.122. The average molecular weight is 399 g/mol. The highest BCUT2D eigenvalue weighted by Crippen LogP contribution is 2.38. The molecular formula is C22H29N3O4. The Labute approximate surface area is 171 Å². The molecule has 7 nitrogen and oxygen atoms in total. The van der Waals surface area contributed by atoms with Crippen LogP contribution in [0.1, 0.15) is 32.4 Å². The maximum atomic E-state index is 11.3. The van der Waals surface area contributed by atoms with E-state index in [0.717, 1.165) is 32.0 Å². The first-order valence-electron chi connectivity index (χ1n) is 9.73. The lowest BCUT2D eigenvalue weighted by Gasteiger charge is -2.32. The zero-order valence-electron chi connectivity index (χ0n) is 17.1. The van der Waals surface area contributed by atoms with E-state index in [1.807, 2.05) is 45.0 Å². The van der Waals surface area contributed by atoms with Crippen molar-refractivity contribution in [1.82, 2.24) is 5.32 Å². The molecule has 7 heteroatoms. The molecule has 2 aromatic rings. The zero-order chi connectivity index (χ0) is 21.0. The predicted molar refractivity (Wildman–Crippen MR) is 114 cm³/mol. The lowest BCUT2D eigenvalue weighted by atomic mass is 9.81. The Kier molecular flexibility index (Phi) is 6.17. The Morgan fingerprint density at radius 3 is 2.52 bits per heavy atom. The fourth-order valence-corrected chi connectivity index (χ4v) is 3.45. The Morgan fingerprint density at radius 1 is 1.17 bits per heavy atom. The fraction of sp³-hybridized carbons (Fsp3) is 0.409. The van der Waals surface area contributed by atoms with Gasteiger partial charge in [-0.15, -0.1) is 0 Å². The quantitative estimate of drug-likeness (QED) is 0.650. The number of benzene rings is 2. The first-order valence-corrected chi connectivity index (χ1v) is 9.73. The Morgan fingerprint density at radius 2 is 1.86 bits per heavy atom. The van der Waals surface area contributed by atoms with Crippen LogP contribution in [0.3, 0.4) is 0 Å². The van der Waals surface area contributed by atoms with Crippen molar-refractivity contribution in [2.45, 2.75) is 26.8 Å². The molecule has 0 aromatic heterocycles. The van der Waals surface area contributed by atoms with Crippen LogP contribution in [0.15, 0.2) is 42.5 Å². The predicted octanol–water partition coefficient (Wildman–Crippen LogP) is 4.25. The molecule has 1 atom stereocenters. The van der Waals surface area contributed by atoms with Gasteiger partial charge in [-0.3, -0.25) is 0 Å². The van der Waals surface area contributed by atoms with Crippen LogP contribution >= 0.6 is 0 Å². The van der Waals surface area contributed by atoms with Gasteiger partial charge in [0.05, 0.1) is 19.3 Å². The minimum atomic E-state index is -1.09. The molecule has 1 saturated heterocycles. The first-order chi connectivity index (χ1) is 13.7. The molecule has 1 amide bonds. The number of anilines is 2. The average Bonchev–Trinajstić information content (AvgIpc) is 2.68. The largest absolute Gasteiger partial charge is 0.465 e. The van der Waals surface area contributed by atoms with Crippen LogP contribution in [-0.4, -0.2) is 37.5 Å². The molecule has 1 unspecified atom stereocenters. The first kappa shape index (κ1) is 20.8. The molecule has 156 valence electrons. The summed E-state index contributed by atoms with van der Waals surface area (Å²) in [6.07, 6.45) is -1.09. The van der Waals surface area contributed by atoms with Crippen molar-refractivity contribution in [3.8, 4) is 11.5 Å². The third kappa shape index (κ3) is 5.32. The Bertz CT molecular complexity index is 857. The number of rotatable bonds is 5. The summed E-state index contributed by atoms with van der Waals surface area (Å²) in [5, 5.41) is 11.8. The number of carbonyl (C=O) groups is 1. The maximum Gasteiger partial charge on any atom is 0.405 e. The van der Waals surface area contributed by atoms with E-state index in [1.165, 1.54) is 0 Å². The number of amides is 1. The van der Waals surface area contributed by atoms with Crippen LogP contribution in [0.5, 0.6) is 11.5 Å². The zero-order valence-corrected chi connectivity index (χ0v) is 17.1. The SMILES string of the molecule is CC(C)(C)C(NC(=O)O)c1cc(Oc2cccc(N3CCOCC3)c2)ccc1N. The van der Waals surface area contributed by atoms with Crippen LogP contribution in [0.25, 0.3) is 0 Å². The van der Waals surface area contributed by atoms with Crippen molar-refractivity contribution in [2.75, 3.05) is 36.9 Å². The van der Waals surface area contributed by atoms with Crippen LogP contribution in [0, 0.1) is 5.41 Å². The van der Waals surface area contributed by atoms with Crippen molar-refractivity contribution in [3.63, 3.8) is 0 Å². The van der Waals surface area contributed by atoms with Crippen LogP contribution in [-0.2, 0) is 4.74 Å². The molecule has 0 bridgehead atoms. The van der Waals surface area contributed by atoms with Gasteiger partial charge in [0.1, 0.15) is 11.5 Å². The number of nitrogen functional groups attached to an aromatic ring is 1. The molecule has 29 heavy (non-hydrogen) atoms. The molecule has 1 aliphatic rings. The number of hydrogen-bond acceptors (Lipinski definition) is 5. The van der Waals surface area contributed by atoms with Gasteiger partial charge >= 0.3 is 6.09 Å². The van der Waals surface area contributed by atoms with Gasteiger partial charge < -0.3 is 30.5 Å². The second-order valence-electron chi connectivity index (χ2n) is 8.24. The van der Waals surface area contributed by atoms with Crippen LogP contribution in [0.4, 0.5) is 16.2 Å². The summed E-state index contributed by atoms with van der Waals surface area (Å²) in [5.41, 5.74) is 8.11. The van der Waals surface area contributed by atoms with Gasteiger partial charge in [-0.1, -0.05) is 26.8 Å². The topological polar surface area (TPSA) is 97.0 Å². The molecule has 4 N–H and O–H groups in total. The number of ether oxygens (including phenoxy) is 2. The van der Waals surface area contributed by atoms with E-state index in [4.69, 9.17) is 15.2 Å². The van der Waals surface area contributed by atoms with Crippen molar-refractivity contribution in [2.24, 2.45) is 5.41 Å². The van der Waals surface area contributed by atoms with Gasteiger partial charge in [0.2, 0.25) is 0 Å². The van der Waals surface area contributed by atoms with Crippen molar-refractivity contribution < 1.29 is 19.4 Å². The number of nitrogens with two attached hydrogens (primary N) is 1. The molecule has 1 aliphatic heterocycles. The molecule has 1 fully saturated rings. The molecule has 0 saturated carbocycles. The van der Waals surface area contributed by atoms with Gasteiger partial charge in [-0.25, -0.2) is 4.79 Å². The summed E-state index contributed by atoms with van der Waals surface area (Å²) in [6.45, 7) is 9.03. The highest BCUT2D eigenvalue weighted by Gasteiger charge is 2.29. The van der Waals surface area contributed by atoms with Gasteiger partial charge in [0.15, 0.2) is 0 Å². The summed E-state index contributed by atoms with van der Waals surface area (Å²) in [6, 6.07) is 12.8. The Hall–Kier alpha value is -2.93. The third-order valence-corrected chi connectivity index (χ3v) is 4.93. The maximum absolute atomic E-state index is 11.3. The number of carboxylic acid groups (broad SMARTS) is 1. The minimum absolute atomic E-state index is 0.360. The van der Waals surface area contributed by atoms with Gasteiger partial charge in [-0.2, -0.15) is 0 Å². The Balaban J connectivity index is 1.85. The van der Waals surface area contributed by atoms with E-state index in [9.17, 15) is 9.90 Å². The molecule has 1 heterocycles. The van der Waals surface area contributed by atoms with Gasteiger partial charge in [-0.05, 0) is 35.7 Å². The van der Waals surface area contributed by atoms with E-state index < -0.39 is 12.1 Å². The summed E-state index contributed by atoms with van der Waals surface area (Å²) in [5.74, 6) is 1.32. The second-order valence-corrected chi connectivity index (χ2v) is 8.24. The fourth-order valence-electron chi connectivity index (χ4n) is 3.45. The van der Waals surface area contributed by atoms with Crippen molar-refractivity contribution >= 4 is 17.5 Å². The van der Waals surface area contributed by atoms with Crippen molar-refractivity contribution in [1.29, 1.82) is 0 Å². The number of morpholine rings is 1. The number of nitrogens with zero attached hydrogens (tertiary/aromatic N) is 1. The van der Waals surface area contributed by atoms with E-state index >= 15 is 0 Å². The standard InChI is InChI=1S/C22H29N3O4/c1-22(2,3)20(24-21(26)27)18-14-17(7-8-19(18)23)29-16-6-4-5-15(13-16)25-9-11-28-12-10-25/h4-8,13-14,20,24H,9-12,23H2,1-3H3,(H,26,27). The van der Waals surface area contributed by atoms with Crippen LogP contribution in [0.2, 0.25) is 0 Å². The summed E-state index contributed by atoms with van der Waals surface area (Å²) < 4.78 is 11.5. The molecular weight excluding hydrogens is 370 g/mol. The third-order valence-electron chi connectivity index (χ3n) is 4.93. The molecule has 0 spiro atoms. The van der Waals surface area contributed by atoms with E-state index in [-0.39, 0.29) is 5.41 Å². The summed E-state index contributed by atoms with van der Waals surface area (Å²) in [4.78, 5) is 13.6. The van der Waals surface area contributed by atoms with E-state index in [1.54, 1.807) is 12.1 Å². The van der Waals surface area contributed by atoms with Crippen LogP contribution < -0.4 is 20.7 Å². The second kappa shape index (κ2) is 8.61. The number of nitrogens with one attached hydrogen (secondary N) is 1. The van der Waals surface area contributed by atoms with Gasteiger partial charge in [0, 0.05) is 36.1 Å². The molecule has 0 radical (unpaired) electrons. The molecule has 3 rings (SSSR count). The highest BCUT2D eigenvalue weighted by molar-refractivity contribution is 5.66. The number of hydrogen-bond donors (Lipinski definition) is 3. The molecule has 0 aliphatic carbocycles. The molecule has 2 aromatic carbocycles. The minimum Gasteiger partial charge on any atom is -0.465 e.